The minimum Gasteiger partial charge on any atom is -0.435 e. The van der Waals surface area contributed by atoms with Crippen molar-refractivity contribution in [1.29, 1.82) is 0 Å². The van der Waals surface area contributed by atoms with E-state index in [-0.39, 0.29) is 36.1 Å². The predicted molar refractivity (Wildman–Crippen MR) is 124 cm³/mol. The van der Waals surface area contributed by atoms with Crippen LogP contribution in [0.15, 0.2) is 48.5 Å². The van der Waals surface area contributed by atoms with Crippen molar-refractivity contribution in [2.24, 2.45) is 5.92 Å². The van der Waals surface area contributed by atoms with Crippen LogP contribution < -0.4 is 4.74 Å². The fraction of sp³-hybridized carbons (Fsp3) is 0.385. The molecule has 0 spiro atoms. The van der Waals surface area contributed by atoms with E-state index in [9.17, 15) is 13.6 Å². The van der Waals surface area contributed by atoms with Crippen molar-refractivity contribution in [3.05, 3.63) is 71.4 Å². The maximum atomic E-state index is 14.5. The van der Waals surface area contributed by atoms with Crippen LogP contribution in [-0.2, 0) is 16.1 Å². The standard InChI is InChI=1S/C26H29F2N3O3/c1-17(2)25(32)30(15-21-10-7-13-33-21)16-22-18(3)29-31(20-8-5-4-6-9-20)26(22)34-24-12-11-19(27)14-23(24)28/h4-6,8-9,11-12,14,17,21H,7,10,13,15-16H2,1-3H3. The smallest absolute Gasteiger partial charge is 0.228 e. The monoisotopic (exact) mass is 469 g/mol. The molecule has 1 aliphatic heterocycles. The molecule has 1 saturated heterocycles. The average molecular weight is 470 g/mol. The fourth-order valence-corrected chi connectivity index (χ4v) is 4.05. The van der Waals surface area contributed by atoms with Gasteiger partial charge >= 0.3 is 0 Å². The van der Waals surface area contributed by atoms with Crippen molar-refractivity contribution in [2.45, 2.75) is 46.3 Å². The van der Waals surface area contributed by atoms with Gasteiger partial charge in [0.15, 0.2) is 11.6 Å². The number of aromatic nitrogens is 2. The topological polar surface area (TPSA) is 56.6 Å². The van der Waals surface area contributed by atoms with E-state index >= 15 is 0 Å². The Balaban J connectivity index is 1.75. The second-order valence-corrected chi connectivity index (χ2v) is 8.80. The van der Waals surface area contributed by atoms with Crippen molar-refractivity contribution >= 4 is 5.91 Å². The number of halogens is 2. The second kappa shape index (κ2) is 10.3. The molecule has 34 heavy (non-hydrogen) atoms. The van der Waals surface area contributed by atoms with Crippen LogP contribution >= 0.6 is 0 Å². The van der Waals surface area contributed by atoms with Gasteiger partial charge < -0.3 is 14.4 Å². The fourth-order valence-electron chi connectivity index (χ4n) is 4.05. The summed E-state index contributed by atoms with van der Waals surface area (Å²) in [7, 11) is 0. The van der Waals surface area contributed by atoms with E-state index in [0.717, 1.165) is 30.7 Å². The Hall–Kier alpha value is -3.26. The lowest BCUT2D eigenvalue weighted by Crippen LogP contribution is -2.39. The molecule has 0 bridgehead atoms. The van der Waals surface area contributed by atoms with Crippen LogP contribution in [0.5, 0.6) is 11.6 Å². The number of benzene rings is 2. The van der Waals surface area contributed by atoms with Gasteiger partial charge in [0.1, 0.15) is 5.82 Å². The van der Waals surface area contributed by atoms with Gasteiger partial charge in [0, 0.05) is 25.1 Å². The highest BCUT2D eigenvalue weighted by Crippen LogP contribution is 2.33. The van der Waals surface area contributed by atoms with Crippen molar-refractivity contribution in [2.75, 3.05) is 13.2 Å². The lowest BCUT2D eigenvalue weighted by atomic mass is 10.1. The summed E-state index contributed by atoms with van der Waals surface area (Å²) >= 11 is 0. The van der Waals surface area contributed by atoms with Crippen molar-refractivity contribution < 1.29 is 23.0 Å². The Morgan fingerprint density at radius 2 is 2.00 bits per heavy atom. The Labute approximate surface area is 198 Å². The minimum absolute atomic E-state index is 0.0127. The van der Waals surface area contributed by atoms with Crippen LogP contribution in [0, 0.1) is 24.5 Å². The SMILES string of the molecule is Cc1nn(-c2ccccc2)c(Oc2ccc(F)cc2F)c1CN(CC1CCCO1)C(=O)C(C)C. The molecular weight excluding hydrogens is 440 g/mol. The number of carbonyl (C=O) groups is 1. The summed E-state index contributed by atoms with van der Waals surface area (Å²) < 4.78 is 41.3. The number of amides is 1. The Morgan fingerprint density at radius 1 is 1.24 bits per heavy atom. The molecule has 1 aliphatic rings. The van der Waals surface area contributed by atoms with Crippen LogP contribution in [0.2, 0.25) is 0 Å². The molecule has 0 N–H and O–H groups in total. The van der Waals surface area contributed by atoms with Gasteiger partial charge in [-0.1, -0.05) is 32.0 Å². The molecule has 2 aromatic carbocycles. The summed E-state index contributed by atoms with van der Waals surface area (Å²) in [6.07, 6.45) is 1.84. The van der Waals surface area contributed by atoms with Gasteiger partial charge in [0.2, 0.25) is 11.8 Å². The number of aryl methyl sites for hydroxylation is 1. The molecule has 1 fully saturated rings. The molecule has 0 saturated carbocycles. The number of rotatable bonds is 8. The summed E-state index contributed by atoms with van der Waals surface area (Å²) in [5.74, 6) is -1.57. The normalized spacial score (nSPS) is 15.6. The van der Waals surface area contributed by atoms with E-state index in [1.807, 2.05) is 51.1 Å². The van der Waals surface area contributed by atoms with Gasteiger partial charge in [-0.25, -0.2) is 13.5 Å². The van der Waals surface area contributed by atoms with Crippen molar-refractivity contribution in [1.82, 2.24) is 14.7 Å². The summed E-state index contributed by atoms with van der Waals surface area (Å²) in [5.41, 5.74) is 2.02. The first-order chi connectivity index (χ1) is 16.3. The van der Waals surface area contributed by atoms with Crippen LogP contribution in [0.4, 0.5) is 8.78 Å². The molecule has 4 rings (SSSR count). The maximum absolute atomic E-state index is 14.5. The summed E-state index contributed by atoms with van der Waals surface area (Å²) in [5, 5.41) is 4.64. The van der Waals surface area contributed by atoms with Gasteiger partial charge in [0.25, 0.3) is 0 Å². The molecule has 0 radical (unpaired) electrons. The van der Waals surface area contributed by atoms with E-state index in [2.05, 4.69) is 5.10 Å². The van der Waals surface area contributed by atoms with Crippen LogP contribution in [-0.4, -0.2) is 39.8 Å². The first-order valence-electron chi connectivity index (χ1n) is 11.5. The first-order valence-corrected chi connectivity index (χ1v) is 11.5. The lowest BCUT2D eigenvalue weighted by molar-refractivity contribution is -0.136. The summed E-state index contributed by atoms with van der Waals surface area (Å²) in [6, 6.07) is 12.5. The van der Waals surface area contributed by atoms with E-state index in [0.29, 0.717) is 24.4 Å². The highest BCUT2D eigenvalue weighted by atomic mass is 19.1. The number of hydrogen-bond donors (Lipinski definition) is 0. The zero-order chi connectivity index (χ0) is 24.2. The molecule has 1 atom stereocenters. The highest BCUT2D eigenvalue weighted by Gasteiger charge is 2.28. The number of para-hydroxylation sites is 1. The molecular formula is C26H29F2N3O3. The third-order valence-electron chi connectivity index (χ3n) is 5.84. The second-order valence-electron chi connectivity index (χ2n) is 8.80. The Morgan fingerprint density at radius 3 is 2.65 bits per heavy atom. The van der Waals surface area contributed by atoms with E-state index < -0.39 is 11.6 Å². The van der Waals surface area contributed by atoms with Gasteiger partial charge in [-0.2, -0.15) is 5.10 Å². The molecule has 1 amide bonds. The zero-order valence-electron chi connectivity index (χ0n) is 19.6. The molecule has 1 unspecified atom stereocenters. The largest absolute Gasteiger partial charge is 0.435 e. The number of ether oxygens (including phenoxy) is 2. The average Bonchev–Trinajstić information content (AvgIpc) is 3.43. The lowest BCUT2D eigenvalue weighted by Gasteiger charge is -2.27. The molecule has 0 aliphatic carbocycles. The van der Waals surface area contributed by atoms with Gasteiger partial charge in [0.05, 0.1) is 29.6 Å². The number of hydrogen-bond acceptors (Lipinski definition) is 4. The van der Waals surface area contributed by atoms with E-state index in [1.165, 1.54) is 6.07 Å². The number of nitrogens with zero attached hydrogens (tertiary/aromatic N) is 3. The van der Waals surface area contributed by atoms with E-state index in [1.54, 1.807) is 9.58 Å². The molecule has 180 valence electrons. The van der Waals surface area contributed by atoms with Crippen LogP contribution in [0.1, 0.15) is 37.9 Å². The van der Waals surface area contributed by atoms with Gasteiger partial charge in [-0.15, -0.1) is 0 Å². The maximum Gasteiger partial charge on any atom is 0.228 e. The summed E-state index contributed by atoms with van der Waals surface area (Å²) in [6.45, 7) is 6.92. The Kier molecular flexibility index (Phi) is 7.26. The molecule has 3 aromatic rings. The number of carbonyl (C=O) groups excluding carboxylic acids is 1. The van der Waals surface area contributed by atoms with Gasteiger partial charge in [-0.05, 0) is 44.0 Å². The van der Waals surface area contributed by atoms with E-state index in [4.69, 9.17) is 9.47 Å². The molecule has 6 nitrogen and oxygen atoms in total. The highest BCUT2D eigenvalue weighted by molar-refractivity contribution is 5.78. The zero-order valence-corrected chi connectivity index (χ0v) is 19.6. The minimum atomic E-state index is -0.820. The molecule has 1 aromatic heterocycles. The van der Waals surface area contributed by atoms with Crippen molar-refractivity contribution in [3.63, 3.8) is 0 Å². The third-order valence-corrected chi connectivity index (χ3v) is 5.84. The molecule has 8 heteroatoms. The molecule has 2 heterocycles. The summed E-state index contributed by atoms with van der Waals surface area (Å²) in [4.78, 5) is 14.8. The van der Waals surface area contributed by atoms with Crippen LogP contribution in [0.25, 0.3) is 5.69 Å². The quantitative estimate of drug-likeness (QED) is 0.442. The first kappa shape index (κ1) is 23.9. The predicted octanol–water partition coefficient (Wildman–Crippen LogP) is 5.41. The third kappa shape index (κ3) is 5.28. The Bertz CT molecular complexity index is 1140. The van der Waals surface area contributed by atoms with Gasteiger partial charge in [-0.3, -0.25) is 4.79 Å². The van der Waals surface area contributed by atoms with Crippen molar-refractivity contribution in [3.8, 4) is 17.3 Å². The van der Waals surface area contributed by atoms with Crippen LogP contribution in [0.3, 0.4) is 0 Å².